The first-order valence-electron chi connectivity index (χ1n) is 7.65. The van der Waals surface area contributed by atoms with Crippen molar-refractivity contribution < 1.29 is 13.2 Å². The zero-order chi connectivity index (χ0) is 18.7. The molecule has 0 spiro atoms. The number of aryl methyl sites for hydroxylation is 2. The Labute approximate surface area is 155 Å². The maximum atomic E-state index is 12.5. The maximum absolute atomic E-state index is 12.5. The number of hydrogen-bond acceptors (Lipinski definition) is 6. The second kappa shape index (κ2) is 7.22. The highest BCUT2D eigenvalue weighted by atomic mass is 32.2. The van der Waals surface area contributed by atoms with E-state index in [1.165, 1.54) is 35.6 Å². The summed E-state index contributed by atoms with van der Waals surface area (Å²) in [5.41, 5.74) is 1.66. The summed E-state index contributed by atoms with van der Waals surface area (Å²) in [6.45, 7) is 3.61. The molecule has 0 saturated heterocycles. The number of aromatic nitrogens is 2. The van der Waals surface area contributed by atoms with Crippen molar-refractivity contribution in [3.8, 4) is 0 Å². The largest absolute Gasteiger partial charge is 0.296 e. The molecule has 2 aromatic carbocycles. The topological polar surface area (TPSA) is 101 Å². The van der Waals surface area contributed by atoms with Crippen molar-refractivity contribution >= 4 is 38.1 Å². The summed E-state index contributed by atoms with van der Waals surface area (Å²) in [6, 6.07) is 12.8. The van der Waals surface area contributed by atoms with Crippen LogP contribution in [0.4, 0.5) is 10.8 Å². The van der Waals surface area contributed by atoms with Gasteiger partial charge in [0.1, 0.15) is 5.01 Å². The molecule has 7 nitrogen and oxygen atoms in total. The molecule has 1 heterocycles. The van der Waals surface area contributed by atoms with E-state index >= 15 is 0 Å². The number of nitrogens with one attached hydrogen (secondary N) is 2. The van der Waals surface area contributed by atoms with E-state index in [-0.39, 0.29) is 10.8 Å². The van der Waals surface area contributed by atoms with Crippen LogP contribution in [-0.4, -0.2) is 24.5 Å². The van der Waals surface area contributed by atoms with Crippen molar-refractivity contribution in [2.45, 2.75) is 18.7 Å². The number of carbonyl (C=O) groups excluding carboxylic acids is 1. The van der Waals surface area contributed by atoms with Gasteiger partial charge in [0.05, 0.1) is 10.6 Å². The van der Waals surface area contributed by atoms with Crippen molar-refractivity contribution in [2.24, 2.45) is 0 Å². The molecule has 3 aromatic rings. The third-order valence-electron chi connectivity index (χ3n) is 3.56. The molecule has 0 saturated carbocycles. The zero-order valence-electron chi connectivity index (χ0n) is 14.1. The minimum Gasteiger partial charge on any atom is -0.296 e. The molecule has 26 heavy (non-hydrogen) atoms. The summed E-state index contributed by atoms with van der Waals surface area (Å²) >= 11 is 1.26. The van der Waals surface area contributed by atoms with Crippen LogP contribution in [0.5, 0.6) is 0 Å². The fourth-order valence-corrected chi connectivity index (χ4v) is 3.91. The van der Waals surface area contributed by atoms with Gasteiger partial charge in [0.25, 0.3) is 15.9 Å². The number of rotatable bonds is 5. The fraction of sp³-hybridized carbons (Fsp3) is 0.118. The zero-order valence-corrected chi connectivity index (χ0v) is 15.7. The highest BCUT2D eigenvalue weighted by molar-refractivity contribution is 7.92. The molecular formula is C17H16N4O3S2. The van der Waals surface area contributed by atoms with E-state index in [4.69, 9.17) is 0 Å². The minimum absolute atomic E-state index is 0.0732. The van der Waals surface area contributed by atoms with Crippen LogP contribution >= 0.6 is 11.3 Å². The first kappa shape index (κ1) is 18.0. The van der Waals surface area contributed by atoms with E-state index in [1.54, 1.807) is 19.1 Å². The van der Waals surface area contributed by atoms with E-state index in [0.29, 0.717) is 16.4 Å². The van der Waals surface area contributed by atoms with Crippen molar-refractivity contribution in [3.05, 3.63) is 64.7 Å². The molecule has 1 aromatic heterocycles. The number of sulfonamides is 1. The van der Waals surface area contributed by atoms with E-state index in [9.17, 15) is 13.2 Å². The Morgan fingerprint density at radius 3 is 2.31 bits per heavy atom. The van der Waals surface area contributed by atoms with Crippen LogP contribution in [-0.2, 0) is 10.0 Å². The Hall–Kier alpha value is -2.78. The third kappa shape index (κ3) is 4.06. The van der Waals surface area contributed by atoms with Gasteiger partial charge in [-0.15, -0.1) is 10.2 Å². The molecular weight excluding hydrogens is 372 g/mol. The van der Waals surface area contributed by atoms with E-state index in [2.05, 4.69) is 20.2 Å². The van der Waals surface area contributed by atoms with E-state index in [0.717, 1.165) is 10.6 Å². The molecule has 0 aliphatic rings. The normalized spacial score (nSPS) is 11.2. The van der Waals surface area contributed by atoms with Gasteiger partial charge in [0, 0.05) is 5.56 Å². The van der Waals surface area contributed by atoms with Gasteiger partial charge in [-0.05, 0) is 49.7 Å². The standard InChI is InChI=1S/C17H16N4O3S2/c1-11-5-3-4-6-15(11)21-26(23,24)14-9-7-13(8-10-14)16(22)18-17-20-19-12(2)25-17/h3-10,21H,1-2H3,(H,18,20,22). The molecule has 134 valence electrons. The highest BCUT2D eigenvalue weighted by Crippen LogP contribution is 2.20. The number of carbonyl (C=O) groups is 1. The second-order valence-corrected chi connectivity index (χ2v) is 8.39. The summed E-state index contributed by atoms with van der Waals surface area (Å²) in [5.74, 6) is -0.378. The molecule has 0 unspecified atom stereocenters. The van der Waals surface area contributed by atoms with Gasteiger partial charge in [-0.2, -0.15) is 0 Å². The number of hydrogen-bond donors (Lipinski definition) is 2. The van der Waals surface area contributed by atoms with Gasteiger partial charge in [-0.25, -0.2) is 8.42 Å². The van der Waals surface area contributed by atoms with E-state index in [1.807, 2.05) is 19.1 Å². The summed E-state index contributed by atoms with van der Waals surface area (Å²) in [4.78, 5) is 12.3. The van der Waals surface area contributed by atoms with Gasteiger partial charge in [0.2, 0.25) is 5.13 Å². The van der Waals surface area contributed by atoms with Gasteiger partial charge >= 0.3 is 0 Å². The van der Waals surface area contributed by atoms with Crippen LogP contribution in [0.15, 0.2) is 53.4 Å². The Balaban J connectivity index is 1.76. The number of anilines is 2. The van der Waals surface area contributed by atoms with Crippen molar-refractivity contribution in [1.29, 1.82) is 0 Å². The van der Waals surface area contributed by atoms with Crippen molar-refractivity contribution in [3.63, 3.8) is 0 Å². The Bertz CT molecular complexity index is 1040. The molecule has 0 bridgehead atoms. The van der Waals surface area contributed by atoms with Crippen LogP contribution in [0.25, 0.3) is 0 Å². The quantitative estimate of drug-likeness (QED) is 0.699. The minimum atomic E-state index is -3.74. The van der Waals surface area contributed by atoms with E-state index < -0.39 is 10.0 Å². The predicted octanol–water partition coefficient (Wildman–Crippen LogP) is 3.21. The number of para-hydroxylation sites is 1. The average Bonchev–Trinajstić information content (AvgIpc) is 3.02. The fourth-order valence-electron chi connectivity index (χ4n) is 2.19. The van der Waals surface area contributed by atoms with Crippen molar-refractivity contribution in [1.82, 2.24) is 10.2 Å². The highest BCUT2D eigenvalue weighted by Gasteiger charge is 2.16. The predicted molar refractivity (Wildman–Crippen MR) is 101 cm³/mol. The lowest BCUT2D eigenvalue weighted by Gasteiger charge is -2.10. The lowest BCUT2D eigenvalue weighted by Crippen LogP contribution is -2.15. The molecule has 0 radical (unpaired) electrons. The van der Waals surface area contributed by atoms with Gasteiger partial charge in [-0.3, -0.25) is 14.8 Å². The number of nitrogens with zero attached hydrogens (tertiary/aromatic N) is 2. The van der Waals surface area contributed by atoms with Gasteiger partial charge < -0.3 is 0 Å². The van der Waals surface area contributed by atoms with Crippen LogP contribution in [0.3, 0.4) is 0 Å². The lowest BCUT2D eigenvalue weighted by molar-refractivity contribution is 0.102. The first-order chi connectivity index (χ1) is 12.3. The Morgan fingerprint density at radius 2 is 1.69 bits per heavy atom. The van der Waals surface area contributed by atoms with Gasteiger partial charge in [0.15, 0.2) is 0 Å². The summed E-state index contributed by atoms with van der Waals surface area (Å²) < 4.78 is 27.6. The molecule has 3 rings (SSSR count). The van der Waals surface area contributed by atoms with Gasteiger partial charge in [-0.1, -0.05) is 29.5 Å². The average molecular weight is 388 g/mol. The van der Waals surface area contributed by atoms with Crippen LogP contribution in [0.1, 0.15) is 20.9 Å². The van der Waals surface area contributed by atoms with Crippen LogP contribution in [0, 0.1) is 13.8 Å². The Morgan fingerprint density at radius 1 is 1.00 bits per heavy atom. The number of benzene rings is 2. The van der Waals surface area contributed by atoms with Crippen molar-refractivity contribution in [2.75, 3.05) is 10.0 Å². The van der Waals surface area contributed by atoms with Crippen LogP contribution < -0.4 is 10.0 Å². The summed E-state index contributed by atoms with van der Waals surface area (Å²) in [6.07, 6.45) is 0. The second-order valence-electron chi connectivity index (χ2n) is 5.53. The third-order valence-corrected chi connectivity index (χ3v) is 5.70. The molecule has 0 aliphatic heterocycles. The monoisotopic (exact) mass is 388 g/mol. The molecule has 0 atom stereocenters. The molecule has 9 heteroatoms. The first-order valence-corrected chi connectivity index (χ1v) is 9.95. The molecule has 0 fully saturated rings. The smallest absolute Gasteiger partial charge is 0.261 e. The SMILES string of the molecule is Cc1nnc(NC(=O)c2ccc(S(=O)(=O)Nc3ccccc3C)cc2)s1. The summed E-state index contributed by atoms with van der Waals surface area (Å²) in [7, 11) is -3.74. The molecule has 0 aliphatic carbocycles. The Kier molecular flexibility index (Phi) is 5.01. The maximum Gasteiger partial charge on any atom is 0.261 e. The summed E-state index contributed by atoms with van der Waals surface area (Å²) in [5, 5.41) is 11.4. The molecule has 2 N–H and O–H groups in total. The number of amides is 1. The lowest BCUT2D eigenvalue weighted by atomic mass is 10.2. The van der Waals surface area contributed by atoms with Crippen LogP contribution in [0.2, 0.25) is 0 Å². The molecule has 1 amide bonds.